The molecule has 0 N–H and O–H groups in total. The van der Waals surface area contributed by atoms with E-state index in [2.05, 4.69) is 25.3 Å². The van der Waals surface area contributed by atoms with E-state index in [1.165, 1.54) is 0 Å². The number of rotatable bonds is 2. The summed E-state index contributed by atoms with van der Waals surface area (Å²) in [5, 5.41) is 0. The molecule has 3 rings (SSSR count). The normalized spacial score (nSPS) is 51.5. The highest BCUT2D eigenvalue weighted by Gasteiger charge is 2.50. The molecule has 0 amide bonds. The average molecular weight is 204 g/mol. The minimum Gasteiger partial charge on any atom is -0.365 e. The van der Waals surface area contributed by atoms with Crippen LogP contribution in [0.25, 0.3) is 0 Å². The fraction of sp³-hybridized carbons (Fsp3) is 0.538. The van der Waals surface area contributed by atoms with Gasteiger partial charge >= 0.3 is 0 Å². The Bertz CT molecular complexity index is 320. The predicted molar refractivity (Wildman–Crippen MR) is 58.5 cm³/mol. The Labute approximate surface area is 90.3 Å². The quantitative estimate of drug-likeness (QED) is 0.641. The van der Waals surface area contributed by atoms with Crippen molar-refractivity contribution < 1.29 is 9.47 Å². The summed E-state index contributed by atoms with van der Waals surface area (Å²) < 4.78 is 12.0. The Kier molecular flexibility index (Phi) is 2.08. The summed E-state index contributed by atoms with van der Waals surface area (Å²) in [5.74, 6) is 0.936. The summed E-state index contributed by atoms with van der Waals surface area (Å²) in [4.78, 5) is 0. The van der Waals surface area contributed by atoms with E-state index >= 15 is 0 Å². The largest absolute Gasteiger partial charge is 0.365 e. The Morgan fingerprint density at radius 2 is 1.93 bits per heavy atom. The smallest absolute Gasteiger partial charge is 0.106 e. The summed E-state index contributed by atoms with van der Waals surface area (Å²) in [6, 6.07) is 0. The molecule has 2 aliphatic heterocycles. The van der Waals surface area contributed by atoms with Gasteiger partial charge in [-0.05, 0) is 6.42 Å². The van der Waals surface area contributed by atoms with E-state index < -0.39 is 0 Å². The first-order chi connectivity index (χ1) is 7.33. The van der Waals surface area contributed by atoms with Gasteiger partial charge in [-0.15, -0.1) is 13.2 Å². The Morgan fingerprint density at radius 3 is 2.67 bits per heavy atom. The molecule has 2 nitrogen and oxygen atoms in total. The third-order valence-corrected chi connectivity index (χ3v) is 3.75. The number of fused-ring (bicyclic) bond motifs is 1. The molecule has 0 aromatic heterocycles. The van der Waals surface area contributed by atoms with Gasteiger partial charge in [-0.2, -0.15) is 0 Å². The summed E-state index contributed by atoms with van der Waals surface area (Å²) in [5.41, 5.74) is 0. The van der Waals surface area contributed by atoms with Crippen LogP contribution in [0.4, 0.5) is 0 Å². The van der Waals surface area contributed by atoms with Crippen LogP contribution in [0.5, 0.6) is 0 Å². The Morgan fingerprint density at radius 1 is 1.07 bits per heavy atom. The van der Waals surface area contributed by atoms with Crippen LogP contribution in [-0.4, -0.2) is 24.4 Å². The minimum absolute atomic E-state index is 0.00370. The van der Waals surface area contributed by atoms with Crippen LogP contribution in [0, 0.1) is 11.8 Å². The molecule has 2 bridgehead atoms. The number of ether oxygens (including phenoxy) is 2. The van der Waals surface area contributed by atoms with E-state index in [0.29, 0.717) is 11.8 Å². The van der Waals surface area contributed by atoms with Crippen molar-refractivity contribution in [2.24, 2.45) is 11.8 Å². The molecule has 15 heavy (non-hydrogen) atoms. The van der Waals surface area contributed by atoms with Crippen molar-refractivity contribution in [3.8, 4) is 0 Å². The van der Waals surface area contributed by atoms with Gasteiger partial charge in [0.1, 0.15) is 12.2 Å². The van der Waals surface area contributed by atoms with Crippen molar-refractivity contribution in [2.45, 2.75) is 30.8 Å². The monoisotopic (exact) mass is 204 g/mol. The van der Waals surface area contributed by atoms with E-state index in [-0.39, 0.29) is 24.4 Å². The van der Waals surface area contributed by atoms with E-state index in [0.717, 1.165) is 6.42 Å². The topological polar surface area (TPSA) is 18.5 Å². The zero-order chi connectivity index (χ0) is 10.4. The highest BCUT2D eigenvalue weighted by molar-refractivity contribution is 5.17. The average Bonchev–Trinajstić information content (AvgIpc) is 2.67. The molecule has 1 aliphatic carbocycles. The van der Waals surface area contributed by atoms with Crippen LogP contribution in [0.3, 0.4) is 0 Å². The third kappa shape index (κ3) is 1.25. The van der Waals surface area contributed by atoms with Crippen molar-refractivity contribution in [1.82, 2.24) is 0 Å². The predicted octanol–water partition coefficient (Wildman–Crippen LogP) is 2.09. The maximum atomic E-state index is 6.03. The Hall–Kier alpha value is -0.860. The highest BCUT2D eigenvalue weighted by atomic mass is 16.6. The first-order valence-electron chi connectivity index (χ1n) is 5.58. The molecular weight excluding hydrogens is 188 g/mol. The molecule has 0 aromatic rings. The maximum absolute atomic E-state index is 6.03. The molecule has 0 aromatic carbocycles. The van der Waals surface area contributed by atoms with E-state index in [4.69, 9.17) is 9.47 Å². The SMILES string of the molecule is C=C[C@H]1C[C@H]2C=C[C@@H]3O[C@H]2[C@H]1O[C@@H]3C=C. The molecule has 1 saturated heterocycles. The number of hydrogen-bond donors (Lipinski definition) is 0. The standard InChI is InChI=1S/C13H16O2/c1-3-8-7-9-5-6-11-10(4-2)14-12(8)13(9)15-11/h3-6,8-13H,1-2,7H2/t8-,9+,10+,11-,12-,13+/m0/s1. The van der Waals surface area contributed by atoms with E-state index in [1.54, 1.807) is 0 Å². The van der Waals surface area contributed by atoms with Crippen LogP contribution in [-0.2, 0) is 9.47 Å². The second kappa shape index (κ2) is 3.32. The molecule has 0 radical (unpaired) electrons. The van der Waals surface area contributed by atoms with Gasteiger partial charge in [0.2, 0.25) is 0 Å². The van der Waals surface area contributed by atoms with Crippen LogP contribution < -0.4 is 0 Å². The summed E-state index contributed by atoms with van der Waals surface area (Å²) in [7, 11) is 0. The van der Waals surface area contributed by atoms with Crippen LogP contribution >= 0.6 is 0 Å². The first kappa shape index (κ1) is 9.37. The molecule has 1 saturated carbocycles. The summed E-state index contributed by atoms with van der Waals surface area (Å²) >= 11 is 0. The summed E-state index contributed by atoms with van der Waals surface area (Å²) in [6.07, 6.45) is 9.84. The number of hydrogen-bond acceptors (Lipinski definition) is 2. The fourth-order valence-corrected chi connectivity index (χ4v) is 2.96. The van der Waals surface area contributed by atoms with Crippen molar-refractivity contribution in [2.75, 3.05) is 0 Å². The van der Waals surface area contributed by atoms with Gasteiger partial charge in [-0.1, -0.05) is 24.3 Å². The van der Waals surface area contributed by atoms with Gasteiger partial charge in [-0.3, -0.25) is 0 Å². The lowest BCUT2D eigenvalue weighted by Crippen LogP contribution is -2.50. The van der Waals surface area contributed by atoms with Crippen LogP contribution in [0.1, 0.15) is 6.42 Å². The third-order valence-electron chi connectivity index (χ3n) is 3.75. The van der Waals surface area contributed by atoms with Gasteiger partial charge in [-0.25, -0.2) is 0 Å². The fourth-order valence-electron chi connectivity index (χ4n) is 2.96. The summed E-state index contributed by atoms with van der Waals surface area (Å²) in [6.45, 7) is 7.68. The van der Waals surface area contributed by atoms with E-state index in [9.17, 15) is 0 Å². The molecule has 0 spiro atoms. The molecule has 0 unspecified atom stereocenters. The molecule has 3 aliphatic rings. The second-order valence-corrected chi connectivity index (χ2v) is 4.55. The Balaban J connectivity index is 1.94. The van der Waals surface area contributed by atoms with Crippen molar-refractivity contribution in [3.63, 3.8) is 0 Å². The second-order valence-electron chi connectivity index (χ2n) is 4.55. The van der Waals surface area contributed by atoms with Gasteiger partial charge in [0.25, 0.3) is 0 Å². The van der Waals surface area contributed by atoms with Gasteiger partial charge < -0.3 is 9.47 Å². The lowest BCUT2D eigenvalue weighted by atomic mass is 9.97. The van der Waals surface area contributed by atoms with Crippen molar-refractivity contribution in [1.29, 1.82) is 0 Å². The van der Waals surface area contributed by atoms with Gasteiger partial charge in [0, 0.05) is 11.8 Å². The molecule has 2 heterocycles. The van der Waals surface area contributed by atoms with E-state index in [1.807, 2.05) is 12.2 Å². The molecule has 2 heteroatoms. The zero-order valence-electron chi connectivity index (χ0n) is 8.71. The van der Waals surface area contributed by atoms with Crippen molar-refractivity contribution >= 4 is 0 Å². The van der Waals surface area contributed by atoms with Crippen LogP contribution in [0.15, 0.2) is 37.5 Å². The maximum Gasteiger partial charge on any atom is 0.106 e. The highest BCUT2D eigenvalue weighted by Crippen LogP contribution is 2.44. The zero-order valence-corrected chi connectivity index (χ0v) is 8.71. The first-order valence-corrected chi connectivity index (χ1v) is 5.58. The van der Waals surface area contributed by atoms with Gasteiger partial charge in [0.05, 0.1) is 12.2 Å². The van der Waals surface area contributed by atoms with Gasteiger partial charge in [0.15, 0.2) is 0 Å². The molecular formula is C13H16O2. The van der Waals surface area contributed by atoms with Crippen LogP contribution in [0.2, 0.25) is 0 Å². The minimum atomic E-state index is 0.00370. The lowest BCUT2D eigenvalue weighted by Gasteiger charge is -2.41. The lowest BCUT2D eigenvalue weighted by molar-refractivity contribution is -0.196. The molecule has 80 valence electrons. The molecule has 6 atom stereocenters. The van der Waals surface area contributed by atoms with Crippen molar-refractivity contribution in [3.05, 3.63) is 37.5 Å². The molecule has 2 fully saturated rings.